The monoisotopic (exact) mass is 342 g/mol. The lowest BCUT2D eigenvalue weighted by molar-refractivity contribution is 0.0635. The molecule has 0 saturated carbocycles. The van der Waals surface area contributed by atoms with E-state index in [9.17, 15) is 4.79 Å². The van der Waals surface area contributed by atoms with Crippen LogP contribution in [0.25, 0.3) is 0 Å². The highest BCUT2D eigenvalue weighted by Crippen LogP contribution is 2.23. The molecule has 1 N–H and O–H groups in total. The first kappa shape index (κ1) is 16.6. The Morgan fingerprint density at radius 2 is 2.05 bits per heavy atom. The van der Waals surface area contributed by atoms with Gasteiger partial charge in [-0.3, -0.25) is 5.32 Å². The Morgan fingerprint density at radius 3 is 2.68 bits per heavy atom. The van der Waals surface area contributed by atoms with Gasteiger partial charge in [0, 0.05) is 0 Å². The van der Waals surface area contributed by atoms with Crippen LogP contribution >= 0.6 is 23.2 Å². The Balaban J connectivity index is 1.99. The minimum Gasteiger partial charge on any atom is -0.444 e. The van der Waals surface area contributed by atoms with E-state index >= 15 is 0 Å². The molecule has 1 aromatic heterocycles. The summed E-state index contributed by atoms with van der Waals surface area (Å²) in [6, 6.07) is 5.32. The number of amides is 1. The third kappa shape index (κ3) is 4.89. The second-order valence-electron chi connectivity index (χ2n) is 5.68. The van der Waals surface area contributed by atoms with Crippen LogP contribution in [-0.2, 0) is 11.3 Å². The minimum absolute atomic E-state index is 0.314. The molecule has 0 bridgehead atoms. The van der Waals surface area contributed by atoms with E-state index in [0.717, 1.165) is 5.56 Å². The topological polar surface area (TPSA) is 69.0 Å². The van der Waals surface area contributed by atoms with E-state index in [1.165, 1.54) is 0 Å². The number of halogens is 2. The van der Waals surface area contributed by atoms with E-state index in [1.807, 2.05) is 6.07 Å². The van der Waals surface area contributed by atoms with E-state index in [2.05, 4.69) is 15.6 Å². The van der Waals surface area contributed by atoms with Gasteiger partial charge in [-0.05, 0) is 38.5 Å². The molecule has 0 aliphatic carbocycles. The number of hydrogen-bond donors (Lipinski definition) is 1. The summed E-state index contributed by atoms with van der Waals surface area (Å²) >= 11 is 11.8. The van der Waals surface area contributed by atoms with Crippen molar-refractivity contribution in [2.45, 2.75) is 32.9 Å². The van der Waals surface area contributed by atoms with Gasteiger partial charge in [-0.15, -0.1) is 5.10 Å². The number of benzene rings is 1. The zero-order valence-corrected chi connectivity index (χ0v) is 13.9. The number of carbonyl (C=O) groups is 1. The molecule has 2 rings (SSSR count). The van der Waals surface area contributed by atoms with Gasteiger partial charge >= 0.3 is 6.09 Å². The lowest BCUT2D eigenvalue weighted by Gasteiger charge is -2.18. The van der Waals surface area contributed by atoms with Crippen molar-refractivity contribution in [3.63, 3.8) is 0 Å². The highest BCUT2D eigenvalue weighted by Gasteiger charge is 2.17. The number of nitrogens with one attached hydrogen (secondary N) is 1. The highest BCUT2D eigenvalue weighted by molar-refractivity contribution is 6.42. The van der Waals surface area contributed by atoms with Crippen LogP contribution in [0.4, 0.5) is 10.6 Å². The van der Waals surface area contributed by atoms with E-state index in [1.54, 1.807) is 43.8 Å². The van der Waals surface area contributed by atoms with Gasteiger partial charge in [0.15, 0.2) is 5.82 Å². The number of rotatable bonds is 3. The molecule has 1 heterocycles. The Kier molecular flexibility index (Phi) is 4.93. The second kappa shape index (κ2) is 6.54. The summed E-state index contributed by atoms with van der Waals surface area (Å²) < 4.78 is 6.71. The molecule has 0 spiro atoms. The maximum atomic E-state index is 11.6. The van der Waals surface area contributed by atoms with Gasteiger partial charge < -0.3 is 4.74 Å². The van der Waals surface area contributed by atoms with Gasteiger partial charge in [-0.2, -0.15) is 0 Å². The lowest BCUT2D eigenvalue weighted by atomic mass is 10.2. The van der Waals surface area contributed by atoms with Crippen molar-refractivity contribution in [3.05, 3.63) is 40.0 Å². The molecule has 2 aromatic rings. The van der Waals surface area contributed by atoms with Crippen molar-refractivity contribution in [1.82, 2.24) is 15.0 Å². The summed E-state index contributed by atoms with van der Waals surface area (Å²) in [5.41, 5.74) is 0.350. The number of anilines is 1. The number of ether oxygens (including phenoxy) is 1. The summed E-state index contributed by atoms with van der Waals surface area (Å²) in [6.07, 6.45) is 1.03. The van der Waals surface area contributed by atoms with Gasteiger partial charge in [0.05, 0.1) is 22.8 Å². The van der Waals surface area contributed by atoms with Crippen LogP contribution in [0.3, 0.4) is 0 Å². The zero-order chi connectivity index (χ0) is 16.3. The molecule has 0 saturated heterocycles. The highest BCUT2D eigenvalue weighted by atomic mass is 35.5. The van der Waals surface area contributed by atoms with Gasteiger partial charge in [0.1, 0.15) is 5.60 Å². The molecule has 6 nitrogen and oxygen atoms in total. The number of hydrogen-bond acceptors (Lipinski definition) is 4. The summed E-state index contributed by atoms with van der Waals surface area (Å²) in [5, 5.41) is 11.3. The Bertz CT molecular complexity index is 680. The fourth-order valence-electron chi connectivity index (χ4n) is 1.67. The smallest absolute Gasteiger partial charge is 0.413 e. The first-order valence-corrected chi connectivity index (χ1v) is 7.32. The van der Waals surface area contributed by atoms with Gasteiger partial charge in [0.25, 0.3) is 0 Å². The first-order valence-electron chi connectivity index (χ1n) is 6.57. The van der Waals surface area contributed by atoms with Crippen molar-refractivity contribution in [2.24, 2.45) is 0 Å². The Morgan fingerprint density at radius 1 is 1.32 bits per heavy atom. The third-order valence-electron chi connectivity index (χ3n) is 2.50. The average molecular weight is 343 g/mol. The molecule has 1 aromatic carbocycles. The fourth-order valence-corrected chi connectivity index (χ4v) is 1.99. The number of carbonyl (C=O) groups excluding carboxylic acids is 1. The normalized spacial score (nSPS) is 11.3. The van der Waals surface area contributed by atoms with Crippen LogP contribution in [0, 0.1) is 0 Å². The number of aromatic nitrogens is 3. The predicted octanol–water partition coefficient (Wildman–Crippen LogP) is 3.98. The van der Waals surface area contributed by atoms with Gasteiger partial charge in [-0.1, -0.05) is 34.5 Å². The standard InChI is InChI=1S/C14H16Cl2N4O2/c1-14(2,3)22-13(21)17-12-8-20(19-18-12)7-9-4-5-10(15)11(16)6-9/h4-6,8H,7H2,1-3H3,(H,17,21). The van der Waals surface area contributed by atoms with Crippen molar-refractivity contribution < 1.29 is 9.53 Å². The summed E-state index contributed by atoms with van der Waals surface area (Å²) in [7, 11) is 0. The second-order valence-corrected chi connectivity index (χ2v) is 6.49. The maximum Gasteiger partial charge on any atom is 0.413 e. The van der Waals surface area contributed by atoms with E-state index in [0.29, 0.717) is 22.4 Å². The molecule has 0 fully saturated rings. The van der Waals surface area contributed by atoms with Crippen molar-refractivity contribution in [3.8, 4) is 0 Å². The van der Waals surface area contributed by atoms with Crippen molar-refractivity contribution in [2.75, 3.05) is 5.32 Å². The first-order chi connectivity index (χ1) is 10.2. The fraction of sp³-hybridized carbons (Fsp3) is 0.357. The summed E-state index contributed by atoms with van der Waals surface area (Å²) in [4.78, 5) is 11.6. The minimum atomic E-state index is -0.575. The molecule has 0 aliphatic rings. The molecule has 22 heavy (non-hydrogen) atoms. The largest absolute Gasteiger partial charge is 0.444 e. The summed E-state index contributed by atoms with van der Waals surface area (Å²) in [6.45, 7) is 5.81. The van der Waals surface area contributed by atoms with E-state index in [4.69, 9.17) is 27.9 Å². The molecule has 0 unspecified atom stereocenters. The van der Waals surface area contributed by atoms with Crippen molar-refractivity contribution in [1.29, 1.82) is 0 Å². The summed E-state index contributed by atoms with van der Waals surface area (Å²) in [5.74, 6) is 0.314. The van der Waals surface area contributed by atoms with Crippen LogP contribution in [0.15, 0.2) is 24.4 Å². The Labute approximate surface area is 138 Å². The van der Waals surface area contributed by atoms with Crippen LogP contribution < -0.4 is 5.32 Å². The van der Waals surface area contributed by atoms with Crippen molar-refractivity contribution >= 4 is 35.1 Å². The van der Waals surface area contributed by atoms with Crippen LogP contribution in [0.1, 0.15) is 26.3 Å². The predicted molar refractivity (Wildman–Crippen MR) is 85.4 cm³/mol. The molecule has 1 amide bonds. The van der Waals surface area contributed by atoms with Crippen LogP contribution in [0.5, 0.6) is 0 Å². The molecule has 8 heteroatoms. The molecular weight excluding hydrogens is 327 g/mol. The zero-order valence-electron chi connectivity index (χ0n) is 12.4. The van der Waals surface area contributed by atoms with E-state index in [-0.39, 0.29) is 0 Å². The average Bonchev–Trinajstić information content (AvgIpc) is 2.78. The van der Waals surface area contributed by atoms with Gasteiger partial charge in [0.2, 0.25) is 0 Å². The molecule has 0 atom stereocenters. The van der Waals surface area contributed by atoms with Gasteiger partial charge in [-0.25, -0.2) is 9.48 Å². The van der Waals surface area contributed by atoms with Crippen LogP contribution in [-0.4, -0.2) is 26.7 Å². The quantitative estimate of drug-likeness (QED) is 0.915. The molecule has 0 aliphatic heterocycles. The Hall–Kier alpha value is -1.79. The maximum absolute atomic E-state index is 11.6. The van der Waals surface area contributed by atoms with E-state index < -0.39 is 11.7 Å². The SMILES string of the molecule is CC(C)(C)OC(=O)Nc1cn(Cc2ccc(Cl)c(Cl)c2)nn1. The number of nitrogens with zero attached hydrogens (tertiary/aromatic N) is 3. The third-order valence-corrected chi connectivity index (χ3v) is 3.24. The molecule has 118 valence electrons. The molecular formula is C14H16Cl2N4O2. The molecule has 0 radical (unpaired) electrons. The van der Waals surface area contributed by atoms with Crippen LogP contribution in [0.2, 0.25) is 10.0 Å². The lowest BCUT2D eigenvalue weighted by Crippen LogP contribution is -2.27.